The minimum atomic E-state index is 0.201. The zero-order chi connectivity index (χ0) is 14.8. The largest absolute Gasteiger partial charge is 0.497 e. The number of benzene rings is 1. The van der Waals surface area contributed by atoms with Crippen LogP contribution in [-0.4, -0.2) is 18.1 Å². The summed E-state index contributed by atoms with van der Waals surface area (Å²) in [6.45, 7) is 4.34. The molecule has 1 aromatic heterocycles. The Balaban J connectivity index is 1.91. The smallest absolute Gasteiger partial charge is 0.118 e. The molecule has 1 atom stereocenters. The van der Waals surface area contributed by atoms with Crippen LogP contribution in [0.3, 0.4) is 0 Å². The maximum absolute atomic E-state index is 5.26. The van der Waals surface area contributed by atoms with Crippen molar-refractivity contribution >= 4 is 11.3 Å². The normalized spacial score (nSPS) is 16.0. The molecule has 1 saturated carbocycles. The first kappa shape index (κ1) is 14.5. The highest BCUT2D eigenvalue weighted by molar-refractivity contribution is 7.11. The predicted molar refractivity (Wildman–Crippen MR) is 87.2 cm³/mol. The monoisotopic (exact) mass is 302 g/mol. The molecule has 1 unspecified atom stereocenters. The number of thiazole rings is 1. The highest BCUT2D eigenvalue weighted by Gasteiger charge is 2.28. The Bertz CT molecular complexity index is 602. The summed E-state index contributed by atoms with van der Waals surface area (Å²) in [5, 5.41) is 4.91. The Kier molecular flexibility index (Phi) is 4.27. The van der Waals surface area contributed by atoms with E-state index in [0.29, 0.717) is 6.04 Å². The van der Waals surface area contributed by atoms with E-state index < -0.39 is 0 Å². The molecule has 0 spiro atoms. The molecule has 0 radical (unpaired) electrons. The van der Waals surface area contributed by atoms with Crippen LogP contribution in [0.5, 0.6) is 5.75 Å². The molecule has 1 aromatic carbocycles. The lowest BCUT2D eigenvalue weighted by atomic mass is 10.1. The van der Waals surface area contributed by atoms with Gasteiger partial charge in [0.05, 0.1) is 18.8 Å². The van der Waals surface area contributed by atoms with Gasteiger partial charge in [-0.3, -0.25) is 0 Å². The van der Waals surface area contributed by atoms with E-state index in [1.54, 1.807) is 7.11 Å². The molecule has 0 amide bonds. The van der Waals surface area contributed by atoms with Gasteiger partial charge in [0.25, 0.3) is 0 Å². The number of rotatable bonds is 6. The second kappa shape index (κ2) is 6.16. The highest BCUT2D eigenvalue weighted by Crippen LogP contribution is 2.32. The SMILES string of the molecule is CCc1nc(C(NC2CC2)c2ccc(OC)cc2)sc1C. The summed E-state index contributed by atoms with van der Waals surface area (Å²) in [6, 6.07) is 9.18. The van der Waals surface area contributed by atoms with E-state index in [0.717, 1.165) is 12.2 Å². The van der Waals surface area contributed by atoms with Gasteiger partial charge in [-0.1, -0.05) is 19.1 Å². The Morgan fingerprint density at radius 2 is 2.05 bits per heavy atom. The van der Waals surface area contributed by atoms with Crippen molar-refractivity contribution in [2.24, 2.45) is 0 Å². The molecular weight excluding hydrogens is 280 g/mol. The molecule has 112 valence electrons. The minimum Gasteiger partial charge on any atom is -0.497 e. The first-order valence-electron chi connectivity index (χ1n) is 7.57. The molecule has 1 aliphatic carbocycles. The lowest BCUT2D eigenvalue weighted by Gasteiger charge is -2.17. The fourth-order valence-corrected chi connectivity index (χ4v) is 3.59. The maximum atomic E-state index is 5.26. The van der Waals surface area contributed by atoms with Crippen molar-refractivity contribution in [3.63, 3.8) is 0 Å². The Labute approximate surface area is 130 Å². The molecule has 4 heteroatoms. The van der Waals surface area contributed by atoms with Gasteiger partial charge in [-0.25, -0.2) is 4.98 Å². The number of nitrogens with one attached hydrogen (secondary N) is 1. The van der Waals surface area contributed by atoms with Crippen molar-refractivity contribution in [1.29, 1.82) is 0 Å². The van der Waals surface area contributed by atoms with E-state index >= 15 is 0 Å². The minimum absolute atomic E-state index is 0.201. The number of nitrogens with zero attached hydrogens (tertiary/aromatic N) is 1. The lowest BCUT2D eigenvalue weighted by molar-refractivity contribution is 0.414. The fourth-order valence-electron chi connectivity index (χ4n) is 2.49. The summed E-state index contributed by atoms with van der Waals surface area (Å²) >= 11 is 1.82. The summed E-state index contributed by atoms with van der Waals surface area (Å²) in [7, 11) is 1.70. The summed E-state index contributed by atoms with van der Waals surface area (Å²) in [5.41, 5.74) is 2.49. The molecule has 1 fully saturated rings. The molecule has 0 aliphatic heterocycles. The van der Waals surface area contributed by atoms with Crippen molar-refractivity contribution in [3.05, 3.63) is 45.4 Å². The molecule has 1 aliphatic rings. The summed E-state index contributed by atoms with van der Waals surface area (Å²) < 4.78 is 5.26. The van der Waals surface area contributed by atoms with E-state index in [4.69, 9.17) is 9.72 Å². The van der Waals surface area contributed by atoms with Gasteiger partial charge in [-0.15, -0.1) is 11.3 Å². The van der Waals surface area contributed by atoms with E-state index in [1.807, 2.05) is 23.5 Å². The van der Waals surface area contributed by atoms with Crippen LogP contribution in [0.15, 0.2) is 24.3 Å². The zero-order valence-electron chi connectivity index (χ0n) is 12.8. The van der Waals surface area contributed by atoms with E-state index in [9.17, 15) is 0 Å². The molecule has 21 heavy (non-hydrogen) atoms. The van der Waals surface area contributed by atoms with Gasteiger partial charge in [0.1, 0.15) is 10.8 Å². The first-order chi connectivity index (χ1) is 10.2. The molecule has 3 rings (SSSR count). The standard InChI is InChI=1S/C17H22N2OS/c1-4-15-11(2)21-17(19-15)16(18-13-7-8-13)12-5-9-14(20-3)10-6-12/h5-6,9-10,13,16,18H,4,7-8H2,1-3H3. The van der Waals surface area contributed by atoms with Crippen LogP contribution in [0.2, 0.25) is 0 Å². The van der Waals surface area contributed by atoms with Crippen LogP contribution >= 0.6 is 11.3 Å². The molecule has 1 heterocycles. The maximum Gasteiger partial charge on any atom is 0.118 e. The Hall–Kier alpha value is -1.39. The number of hydrogen-bond acceptors (Lipinski definition) is 4. The second-order valence-electron chi connectivity index (χ2n) is 5.56. The van der Waals surface area contributed by atoms with Crippen LogP contribution in [0, 0.1) is 6.92 Å². The number of aromatic nitrogens is 1. The Morgan fingerprint density at radius 3 is 2.57 bits per heavy atom. The zero-order valence-corrected chi connectivity index (χ0v) is 13.7. The van der Waals surface area contributed by atoms with Crippen LogP contribution < -0.4 is 10.1 Å². The second-order valence-corrected chi connectivity index (χ2v) is 6.79. The first-order valence-corrected chi connectivity index (χ1v) is 8.39. The van der Waals surface area contributed by atoms with Gasteiger partial charge in [0, 0.05) is 10.9 Å². The van der Waals surface area contributed by atoms with Crippen LogP contribution in [0.1, 0.15) is 46.9 Å². The topological polar surface area (TPSA) is 34.2 Å². The number of methoxy groups -OCH3 is 1. The Morgan fingerprint density at radius 1 is 1.33 bits per heavy atom. The lowest BCUT2D eigenvalue weighted by Crippen LogP contribution is -2.24. The predicted octanol–water partition coefficient (Wildman–Crippen LogP) is 3.86. The molecule has 3 nitrogen and oxygen atoms in total. The van der Waals surface area contributed by atoms with Gasteiger partial charge < -0.3 is 10.1 Å². The average molecular weight is 302 g/mol. The molecule has 2 aromatic rings. The van der Waals surface area contributed by atoms with Crippen molar-refractivity contribution in [1.82, 2.24) is 10.3 Å². The number of ether oxygens (including phenoxy) is 1. The fraction of sp³-hybridized carbons (Fsp3) is 0.471. The van der Waals surface area contributed by atoms with Gasteiger partial charge >= 0.3 is 0 Å². The summed E-state index contributed by atoms with van der Waals surface area (Å²) in [4.78, 5) is 6.19. The molecule has 0 bridgehead atoms. The summed E-state index contributed by atoms with van der Waals surface area (Å²) in [5.74, 6) is 0.897. The number of aryl methyl sites for hydroxylation is 2. The van der Waals surface area contributed by atoms with Crippen molar-refractivity contribution in [3.8, 4) is 5.75 Å². The number of hydrogen-bond donors (Lipinski definition) is 1. The third-order valence-electron chi connectivity index (χ3n) is 3.92. The van der Waals surface area contributed by atoms with Gasteiger partial charge in [-0.05, 0) is 43.9 Å². The van der Waals surface area contributed by atoms with Crippen LogP contribution in [0.4, 0.5) is 0 Å². The quantitative estimate of drug-likeness (QED) is 0.879. The third-order valence-corrected chi connectivity index (χ3v) is 5.00. The third kappa shape index (κ3) is 3.27. The summed E-state index contributed by atoms with van der Waals surface area (Å²) in [6.07, 6.45) is 3.55. The van der Waals surface area contributed by atoms with Gasteiger partial charge in [0.2, 0.25) is 0 Å². The van der Waals surface area contributed by atoms with E-state index in [2.05, 4.69) is 31.3 Å². The molecular formula is C17H22N2OS. The average Bonchev–Trinajstić information content (AvgIpc) is 3.26. The van der Waals surface area contributed by atoms with Crippen LogP contribution in [0.25, 0.3) is 0 Å². The van der Waals surface area contributed by atoms with Crippen molar-refractivity contribution < 1.29 is 4.74 Å². The van der Waals surface area contributed by atoms with E-state index in [-0.39, 0.29) is 6.04 Å². The molecule has 1 N–H and O–H groups in total. The van der Waals surface area contributed by atoms with Crippen molar-refractivity contribution in [2.45, 2.75) is 45.2 Å². The van der Waals surface area contributed by atoms with Gasteiger partial charge in [0.15, 0.2) is 0 Å². The molecule has 0 saturated heterocycles. The van der Waals surface area contributed by atoms with Gasteiger partial charge in [-0.2, -0.15) is 0 Å². The van der Waals surface area contributed by atoms with E-state index in [1.165, 1.54) is 34.0 Å². The van der Waals surface area contributed by atoms with Crippen LogP contribution in [-0.2, 0) is 6.42 Å². The highest BCUT2D eigenvalue weighted by atomic mass is 32.1. The van der Waals surface area contributed by atoms with Crippen molar-refractivity contribution in [2.75, 3.05) is 7.11 Å².